The highest BCUT2D eigenvalue weighted by Crippen LogP contribution is 2.30. The van der Waals surface area contributed by atoms with Crippen LogP contribution in [0, 0.1) is 0 Å². The lowest BCUT2D eigenvalue weighted by molar-refractivity contribution is -0.194. The number of carbonyl (C=O) groups excluding carboxylic acids is 2. The molecule has 1 aliphatic rings. The molecule has 1 aliphatic heterocycles. The second-order valence-electron chi connectivity index (χ2n) is 6.33. The maximum absolute atomic E-state index is 12.7. The van der Waals surface area contributed by atoms with E-state index in [-0.39, 0.29) is 16.5 Å². The smallest absolute Gasteiger partial charge is 0.478 e. The second-order valence-corrected chi connectivity index (χ2v) is 8.33. The number of rotatable bonds is 9. The lowest BCUT2D eigenvalue weighted by Crippen LogP contribution is -2.69. The summed E-state index contributed by atoms with van der Waals surface area (Å²) in [4.78, 5) is 44.9. The number of aliphatic hydroxyl groups is 1. The predicted molar refractivity (Wildman–Crippen MR) is 99.9 cm³/mol. The first kappa shape index (κ1) is 22.6. The van der Waals surface area contributed by atoms with Crippen molar-refractivity contribution in [1.82, 2.24) is 15.4 Å². The number of nitrogens with one attached hydrogen (secondary N) is 1. The molecule has 0 aromatic carbocycles. The first-order valence-electron chi connectivity index (χ1n) is 8.06. The van der Waals surface area contributed by atoms with Gasteiger partial charge in [-0.25, -0.2) is 9.78 Å². The van der Waals surface area contributed by atoms with Gasteiger partial charge >= 0.3 is 14.0 Å². The van der Waals surface area contributed by atoms with Crippen molar-refractivity contribution in [2.75, 3.05) is 12.1 Å². The standard InChI is InChI=1S/C14H18N5O8PS/c1-6-8(11(22)19(6)27-28(25)5-20)17-10(21)9(7-4-29-13(15)16-7)18-26-14(2,3)12(23)24/h4,6,8,20H,5H2,1-3H3,(H3-,15,16,17,21,23,24)/p+1/b18-9-/t6-,8-/m0/s1. The number of aliphatic carboxylic acids is 1. The van der Waals surface area contributed by atoms with Gasteiger partial charge in [0.1, 0.15) is 11.7 Å². The topological polar surface area (TPSA) is 194 Å². The molecule has 13 nitrogen and oxygen atoms in total. The third-order valence-electron chi connectivity index (χ3n) is 3.78. The molecule has 0 saturated carbocycles. The van der Waals surface area contributed by atoms with Gasteiger partial charge in [-0.2, -0.15) is 5.06 Å². The van der Waals surface area contributed by atoms with Gasteiger partial charge in [-0.1, -0.05) is 5.16 Å². The van der Waals surface area contributed by atoms with Crippen LogP contribution in [0.2, 0.25) is 0 Å². The Balaban J connectivity index is 2.18. The van der Waals surface area contributed by atoms with Crippen LogP contribution in [0.5, 0.6) is 0 Å². The number of nitrogens with two attached hydrogens (primary N) is 1. The van der Waals surface area contributed by atoms with E-state index in [1.807, 2.05) is 0 Å². The van der Waals surface area contributed by atoms with E-state index >= 15 is 0 Å². The number of thiazole rings is 1. The third kappa shape index (κ3) is 5.03. The highest BCUT2D eigenvalue weighted by Gasteiger charge is 2.51. The molecule has 1 fully saturated rings. The zero-order valence-electron chi connectivity index (χ0n) is 15.6. The summed E-state index contributed by atoms with van der Waals surface area (Å²) in [5.74, 6) is -2.87. The number of nitrogens with zero attached hydrogens (tertiary/aromatic N) is 3. The molecule has 1 unspecified atom stereocenters. The molecule has 1 saturated heterocycles. The molecule has 0 spiro atoms. The lowest BCUT2D eigenvalue weighted by Gasteiger charge is -2.39. The average molecular weight is 448 g/mol. The SMILES string of the molecule is C[C@H]1[C@H](NC(=O)/C(=N\OC(C)(C)C(=O)O)c2csc(N)n2)C(=O)N1O[P+](=O)CO. The van der Waals surface area contributed by atoms with E-state index in [1.54, 1.807) is 0 Å². The van der Waals surface area contributed by atoms with Crippen molar-refractivity contribution >= 4 is 48.0 Å². The molecule has 0 radical (unpaired) electrons. The number of anilines is 1. The Labute approximate surface area is 169 Å². The van der Waals surface area contributed by atoms with Crippen molar-refractivity contribution in [2.45, 2.75) is 38.5 Å². The number of nitrogen functional groups attached to an aromatic ring is 1. The first-order chi connectivity index (χ1) is 13.5. The second kappa shape index (κ2) is 8.78. The molecule has 0 aliphatic carbocycles. The molecule has 2 heterocycles. The van der Waals surface area contributed by atoms with Crippen molar-refractivity contribution in [3.63, 3.8) is 0 Å². The minimum Gasteiger partial charge on any atom is -0.478 e. The number of carbonyl (C=O) groups is 3. The van der Waals surface area contributed by atoms with Gasteiger partial charge in [0, 0.05) is 5.38 Å². The summed E-state index contributed by atoms with van der Waals surface area (Å²) in [6, 6.07) is -1.71. The van der Waals surface area contributed by atoms with Crippen molar-refractivity contribution in [3.05, 3.63) is 11.1 Å². The summed E-state index contributed by atoms with van der Waals surface area (Å²) in [5, 5.41) is 26.2. The summed E-state index contributed by atoms with van der Waals surface area (Å²) < 4.78 is 16.0. The Morgan fingerprint density at radius 3 is 2.66 bits per heavy atom. The molecule has 2 rings (SSSR count). The van der Waals surface area contributed by atoms with Crippen molar-refractivity contribution in [1.29, 1.82) is 0 Å². The fraction of sp³-hybridized carbons (Fsp3) is 0.500. The molecule has 29 heavy (non-hydrogen) atoms. The number of carboxylic acids is 1. The van der Waals surface area contributed by atoms with Gasteiger partial charge in [-0.15, -0.1) is 11.3 Å². The number of oxime groups is 1. The van der Waals surface area contributed by atoms with Gasteiger partial charge in [0.15, 0.2) is 10.8 Å². The maximum atomic E-state index is 12.7. The van der Waals surface area contributed by atoms with Gasteiger partial charge in [-0.05, 0) is 30.0 Å². The monoisotopic (exact) mass is 448 g/mol. The Hall–Kier alpha value is -2.67. The molecule has 15 heteroatoms. The van der Waals surface area contributed by atoms with Crippen LogP contribution < -0.4 is 11.1 Å². The van der Waals surface area contributed by atoms with E-state index in [1.165, 1.54) is 26.2 Å². The van der Waals surface area contributed by atoms with Crippen LogP contribution in [0.25, 0.3) is 0 Å². The van der Waals surface area contributed by atoms with E-state index in [2.05, 4.69) is 15.5 Å². The lowest BCUT2D eigenvalue weighted by atomic mass is 10.00. The van der Waals surface area contributed by atoms with Crippen molar-refractivity contribution in [3.8, 4) is 0 Å². The van der Waals surface area contributed by atoms with Crippen molar-refractivity contribution in [2.24, 2.45) is 5.16 Å². The zero-order chi connectivity index (χ0) is 21.9. The Morgan fingerprint density at radius 1 is 1.52 bits per heavy atom. The fourth-order valence-electron chi connectivity index (χ4n) is 2.03. The Kier molecular flexibility index (Phi) is 6.85. The number of hydrogen-bond acceptors (Lipinski definition) is 11. The normalized spacial score (nSPS) is 20.1. The minimum atomic E-state index is -2.46. The number of β-lactam (4-membered cyclic amide) rings is 1. The summed E-state index contributed by atoms with van der Waals surface area (Å²) in [6.45, 7) is 3.99. The van der Waals surface area contributed by atoms with Crippen LogP contribution in [-0.2, 0) is 28.4 Å². The molecule has 3 atom stereocenters. The Morgan fingerprint density at radius 2 is 2.17 bits per heavy atom. The summed E-state index contributed by atoms with van der Waals surface area (Å²) in [7, 11) is -2.46. The van der Waals surface area contributed by atoms with E-state index in [4.69, 9.17) is 25.4 Å². The van der Waals surface area contributed by atoms with E-state index < -0.39 is 49.8 Å². The largest absolute Gasteiger partial charge is 0.561 e. The number of hydrogen-bond donors (Lipinski definition) is 4. The number of aromatic nitrogens is 1. The van der Waals surface area contributed by atoms with Crippen LogP contribution >= 0.6 is 19.4 Å². The third-order valence-corrected chi connectivity index (χ3v) is 5.04. The van der Waals surface area contributed by atoms with Crippen LogP contribution in [0.4, 0.5) is 5.13 Å². The van der Waals surface area contributed by atoms with Gasteiger partial charge in [0.2, 0.25) is 5.60 Å². The van der Waals surface area contributed by atoms with E-state index in [9.17, 15) is 18.9 Å². The van der Waals surface area contributed by atoms with Gasteiger partial charge < -0.3 is 26.1 Å². The summed E-state index contributed by atoms with van der Waals surface area (Å²) in [5.41, 5.74) is 3.49. The quantitative estimate of drug-likeness (QED) is 0.168. The van der Waals surface area contributed by atoms with E-state index in [0.717, 1.165) is 16.4 Å². The van der Waals surface area contributed by atoms with Crippen LogP contribution in [0.1, 0.15) is 26.5 Å². The summed E-state index contributed by atoms with van der Waals surface area (Å²) in [6.07, 6.45) is -0.762. The minimum absolute atomic E-state index is 0.0297. The molecule has 0 bridgehead atoms. The maximum Gasteiger partial charge on any atom is 0.561 e. The molecule has 1 aromatic heterocycles. The fourth-order valence-corrected chi connectivity index (χ4v) is 3.05. The molecule has 158 valence electrons. The van der Waals surface area contributed by atoms with Gasteiger partial charge in [0.25, 0.3) is 18.2 Å². The molecule has 2 amide bonds. The molecular weight excluding hydrogens is 429 g/mol. The average Bonchev–Trinajstić information content (AvgIpc) is 3.09. The zero-order valence-corrected chi connectivity index (χ0v) is 17.3. The molecular formula is C14H19N5O8PS+. The van der Waals surface area contributed by atoms with Crippen LogP contribution in [0.3, 0.4) is 0 Å². The van der Waals surface area contributed by atoms with Crippen LogP contribution in [-0.4, -0.2) is 67.8 Å². The van der Waals surface area contributed by atoms with Gasteiger partial charge in [0.05, 0.1) is 6.04 Å². The highest BCUT2D eigenvalue weighted by atomic mass is 32.1. The highest BCUT2D eigenvalue weighted by molar-refractivity contribution is 7.38. The molecule has 5 N–H and O–H groups in total. The number of hydroxylamine groups is 2. The van der Waals surface area contributed by atoms with Crippen molar-refractivity contribution < 1.29 is 38.6 Å². The number of carboxylic acid groups (broad SMARTS) is 1. The summed E-state index contributed by atoms with van der Waals surface area (Å²) >= 11 is 1.02. The van der Waals surface area contributed by atoms with Gasteiger partial charge in [-0.3, -0.25) is 9.59 Å². The van der Waals surface area contributed by atoms with E-state index in [0.29, 0.717) is 0 Å². The molecule has 1 aromatic rings. The number of amides is 2. The predicted octanol–water partition coefficient (Wildman–Crippen LogP) is -0.351. The first-order valence-corrected chi connectivity index (χ1v) is 10.3. The Bertz CT molecular complexity index is 872. The number of aliphatic hydroxyl groups excluding tert-OH is 1. The van der Waals surface area contributed by atoms with Crippen LogP contribution in [0.15, 0.2) is 10.5 Å².